The van der Waals surface area contributed by atoms with E-state index in [9.17, 15) is 20.4 Å². The standard InChI is InChI=1S/C23H32N4O4/c1-15(24-10-12-26(2)3)6-7-17(25-11-13-27(4)5)16-14-20(30)21-18(28)8-9-19(29)22(21)23(16)31/h6-9,14,28-31H,10-13H2,1-5H3/b7-6-,24-15?,25-17?. The summed E-state index contributed by atoms with van der Waals surface area (Å²) < 4.78 is 0. The minimum atomic E-state index is -0.267. The number of hydrogen-bond donors (Lipinski definition) is 4. The Labute approximate surface area is 183 Å². The number of fused-ring (bicyclic) bond motifs is 1. The minimum absolute atomic E-state index is 0.0145. The first kappa shape index (κ1) is 24.2. The Morgan fingerprint density at radius 3 is 1.94 bits per heavy atom. The average Bonchev–Trinajstić information content (AvgIpc) is 2.68. The van der Waals surface area contributed by atoms with Gasteiger partial charge in [0, 0.05) is 24.4 Å². The minimum Gasteiger partial charge on any atom is -0.507 e. The summed E-state index contributed by atoms with van der Waals surface area (Å²) in [4.78, 5) is 13.1. The van der Waals surface area contributed by atoms with Gasteiger partial charge in [0.05, 0.1) is 29.6 Å². The summed E-state index contributed by atoms with van der Waals surface area (Å²) in [6.07, 6.45) is 3.53. The van der Waals surface area contributed by atoms with Gasteiger partial charge in [0.1, 0.15) is 23.0 Å². The molecule has 0 unspecified atom stereocenters. The summed E-state index contributed by atoms with van der Waals surface area (Å²) in [6.45, 7) is 4.53. The molecular weight excluding hydrogens is 396 g/mol. The molecule has 0 bridgehead atoms. The Morgan fingerprint density at radius 1 is 0.806 bits per heavy atom. The van der Waals surface area contributed by atoms with Gasteiger partial charge in [-0.05, 0) is 65.5 Å². The second kappa shape index (κ2) is 10.8. The molecule has 0 heterocycles. The van der Waals surface area contributed by atoms with Crippen LogP contribution in [0.3, 0.4) is 0 Å². The van der Waals surface area contributed by atoms with Crippen LogP contribution in [0.4, 0.5) is 0 Å². The van der Waals surface area contributed by atoms with Gasteiger partial charge in [0.15, 0.2) is 0 Å². The van der Waals surface area contributed by atoms with Crippen molar-refractivity contribution in [3.8, 4) is 23.0 Å². The summed E-state index contributed by atoms with van der Waals surface area (Å²) in [6, 6.07) is 3.87. The van der Waals surface area contributed by atoms with Gasteiger partial charge in [-0.1, -0.05) is 0 Å². The molecule has 0 aliphatic carbocycles. The number of nitrogens with zero attached hydrogens (tertiary/aromatic N) is 4. The van der Waals surface area contributed by atoms with Crippen LogP contribution >= 0.6 is 0 Å². The van der Waals surface area contributed by atoms with Gasteiger partial charge in [-0.15, -0.1) is 0 Å². The van der Waals surface area contributed by atoms with Crippen LogP contribution < -0.4 is 0 Å². The van der Waals surface area contributed by atoms with E-state index in [1.807, 2.05) is 44.9 Å². The van der Waals surface area contributed by atoms with Crippen LogP contribution in [0.2, 0.25) is 0 Å². The van der Waals surface area contributed by atoms with Crippen molar-refractivity contribution >= 4 is 22.2 Å². The summed E-state index contributed by atoms with van der Waals surface area (Å²) >= 11 is 0. The van der Waals surface area contributed by atoms with Gasteiger partial charge < -0.3 is 30.2 Å². The van der Waals surface area contributed by atoms with E-state index >= 15 is 0 Å². The number of hydrogen-bond acceptors (Lipinski definition) is 8. The molecule has 2 aromatic carbocycles. The van der Waals surface area contributed by atoms with Crippen molar-refractivity contribution in [1.82, 2.24) is 9.80 Å². The fourth-order valence-electron chi connectivity index (χ4n) is 2.96. The van der Waals surface area contributed by atoms with E-state index in [2.05, 4.69) is 9.98 Å². The number of likely N-dealkylation sites (N-methyl/N-ethyl adjacent to an activating group) is 2. The first-order valence-electron chi connectivity index (χ1n) is 10.0. The molecule has 0 spiro atoms. The molecular formula is C23H32N4O4. The fourth-order valence-corrected chi connectivity index (χ4v) is 2.96. The van der Waals surface area contributed by atoms with Crippen molar-refractivity contribution in [2.45, 2.75) is 6.92 Å². The topological polar surface area (TPSA) is 112 Å². The lowest BCUT2D eigenvalue weighted by atomic mass is 9.99. The normalized spacial score (nSPS) is 13.3. The Hall–Kier alpha value is -3.10. The van der Waals surface area contributed by atoms with Crippen LogP contribution in [0.15, 0.2) is 40.3 Å². The molecule has 0 amide bonds. The van der Waals surface area contributed by atoms with Crippen molar-refractivity contribution in [1.29, 1.82) is 0 Å². The molecule has 0 radical (unpaired) electrons. The van der Waals surface area contributed by atoms with E-state index in [1.54, 1.807) is 12.2 Å². The number of allylic oxidation sites excluding steroid dienone is 2. The van der Waals surface area contributed by atoms with Gasteiger partial charge in [0.25, 0.3) is 0 Å². The van der Waals surface area contributed by atoms with Crippen LogP contribution in [0.5, 0.6) is 23.0 Å². The summed E-state index contributed by atoms with van der Waals surface area (Å²) in [5.74, 6) is -1.02. The van der Waals surface area contributed by atoms with Crippen LogP contribution in [0.1, 0.15) is 12.5 Å². The van der Waals surface area contributed by atoms with Gasteiger partial charge in [-0.2, -0.15) is 0 Å². The first-order chi connectivity index (χ1) is 14.6. The summed E-state index contributed by atoms with van der Waals surface area (Å²) in [7, 11) is 7.84. The number of phenolic OH excluding ortho intramolecular Hbond substituents is 4. The molecule has 31 heavy (non-hydrogen) atoms. The van der Waals surface area contributed by atoms with Crippen molar-refractivity contribution in [2.24, 2.45) is 9.98 Å². The molecule has 2 rings (SSSR count). The maximum absolute atomic E-state index is 10.9. The third-order valence-electron chi connectivity index (χ3n) is 4.69. The predicted molar refractivity (Wildman–Crippen MR) is 126 cm³/mol. The van der Waals surface area contributed by atoms with E-state index in [1.165, 1.54) is 18.2 Å². The number of aliphatic imine (C=N–C) groups is 2. The third-order valence-corrected chi connectivity index (χ3v) is 4.69. The molecule has 0 aromatic heterocycles. The monoisotopic (exact) mass is 428 g/mol. The average molecular weight is 429 g/mol. The van der Waals surface area contributed by atoms with Gasteiger partial charge >= 0.3 is 0 Å². The zero-order chi connectivity index (χ0) is 23.1. The molecule has 168 valence electrons. The van der Waals surface area contributed by atoms with E-state index in [0.29, 0.717) is 25.3 Å². The van der Waals surface area contributed by atoms with Gasteiger partial charge in [0.2, 0.25) is 0 Å². The van der Waals surface area contributed by atoms with Crippen LogP contribution in [-0.2, 0) is 0 Å². The second-order valence-corrected chi connectivity index (χ2v) is 7.88. The molecule has 0 aliphatic heterocycles. The molecule has 0 saturated carbocycles. The largest absolute Gasteiger partial charge is 0.507 e. The Balaban J connectivity index is 2.52. The summed E-state index contributed by atoms with van der Waals surface area (Å²) in [5.41, 5.74) is 1.48. The number of aromatic hydroxyl groups is 4. The van der Waals surface area contributed by atoms with Crippen molar-refractivity contribution in [2.75, 3.05) is 54.4 Å². The number of rotatable bonds is 9. The quantitative estimate of drug-likeness (QED) is 0.361. The van der Waals surface area contributed by atoms with Crippen molar-refractivity contribution in [3.05, 3.63) is 35.9 Å². The molecule has 0 aliphatic rings. The number of phenols is 4. The molecule has 0 fully saturated rings. The van der Waals surface area contributed by atoms with Crippen LogP contribution in [0.25, 0.3) is 10.8 Å². The Bertz CT molecular complexity index is 1010. The van der Waals surface area contributed by atoms with Crippen molar-refractivity contribution in [3.63, 3.8) is 0 Å². The third kappa shape index (κ3) is 6.44. The molecule has 8 heteroatoms. The predicted octanol–water partition coefficient (Wildman–Crippen LogP) is 2.59. The second-order valence-electron chi connectivity index (χ2n) is 7.88. The molecule has 0 atom stereocenters. The van der Waals surface area contributed by atoms with Crippen LogP contribution in [0, 0.1) is 0 Å². The van der Waals surface area contributed by atoms with Crippen molar-refractivity contribution < 1.29 is 20.4 Å². The lowest BCUT2D eigenvalue weighted by Gasteiger charge is -2.13. The highest BCUT2D eigenvalue weighted by atomic mass is 16.3. The molecule has 8 nitrogen and oxygen atoms in total. The highest BCUT2D eigenvalue weighted by Crippen LogP contribution is 2.44. The lowest BCUT2D eigenvalue weighted by Crippen LogP contribution is -2.16. The maximum atomic E-state index is 10.9. The highest BCUT2D eigenvalue weighted by Gasteiger charge is 2.19. The van der Waals surface area contributed by atoms with E-state index < -0.39 is 0 Å². The van der Waals surface area contributed by atoms with E-state index in [-0.39, 0.29) is 39.3 Å². The smallest absolute Gasteiger partial charge is 0.136 e. The molecule has 0 saturated heterocycles. The van der Waals surface area contributed by atoms with E-state index in [0.717, 1.165) is 12.3 Å². The first-order valence-corrected chi connectivity index (χ1v) is 10.0. The maximum Gasteiger partial charge on any atom is 0.136 e. The van der Waals surface area contributed by atoms with E-state index in [4.69, 9.17) is 0 Å². The fraction of sp³-hybridized carbons (Fsp3) is 0.391. The highest BCUT2D eigenvalue weighted by molar-refractivity contribution is 6.17. The molecule has 4 N–H and O–H groups in total. The lowest BCUT2D eigenvalue weighted by molar-refractivity contribution is 0.420. The number of benzene rings is 2. The zero-order valence-corrected chi connectivity index (χ0v) is 18.8. The molecule has 2 aromatic rings. The van der Waals surface area contributed by atoms with Gasteiger partial charge in [-0.3, -0.25) is 9.98 Å². The van der Waals surface area contributed by atoms with Crippen LogP contribution in [-0.4, -0.2) is 96.0 Å². The SMILES string of the molecule is CC(/C=C\C(=NCCN(C)C)c1cc(O)c2c(O)ccc(O)c2c1O)=NCCN(C)C. The Kier molecular flexibility index (Phi) is 8.41. The zero-order valence-electron chi connectivity index (χ0n) is 18.8. The van der Waals surface area contributed by atoms with Gasteiger partial charge in [-0.25, -0.2) is 0 Å². The summed E-state index contributed by atoms with van der Waals surface area (Å²) in [5, 5.41) is 41.7. The Morgan fingerprint density at radius 2 is 1.35 bits per heavy atom.